The van der Waals surface area contributed by atoms with E-state index >= 15 is 0 Å². The van der Waals surface area contributed by atoms with E-state index in [-0.39, 0.29) is 11.5 Å². The molecule has 0 atom stereocenters. The van der Waals surface area contributed by atoms with E-state index in [1.54, 1.807) is 31.4 Å². The summed E-state index contributed by atoms with van der Waals surface area (Å²) >= 11 is 6.00. The number of hydrogen-bond donors (Lipinski definition) is 3. The highest BCUT2D eigenvalue weighted by molar-refractivity contribution is 6.34. The third kappa shape index (κ3) is 2.89. The summed E-state index contributed by atoms with van der Waals surface area (Å²) in [5.74, 6) is -0.473. The minimum atomic E-state index is -0.399. The molecule has 1 amide bonds. The first kappa shape index (κ1) is 13.9. The fourth-order valence-corrected chi connectivity index (χ4v) is 1.73. The molecule has 0 saturated heterocycles. The van der Waals surface area contributed by atoms with Crippen LogP contribution < -0.4 is 11.1 Å². The molecule has 2 rings (SSSR count). The third-order valence-corrected chi connectivity index (χ3v) is 2.89. The monoisotopic (exact) mass is 293 g/mol. The first-order valence-corrected chi connectivity index (χ1v) is 5.97. The zero-order valence-corrected chi connectivity index (χ0v) is 11.3. The summed E-state index contributed by atoms with van der Waals surface area (Å²) < 4.78 is 1.52. The van der Waals surface area contributed by atoms with Crippen LogP contribution in [0.3, 0.4) is 0 Å². The molecule has 8 heteroatoms. The minimum Gasteiger partial charge on any atom is -0.409 e. The van der Waals surface area contributed by atoms with Crippen LogP contribution in [0, 0.1) is 0 Å². The Kier molecular flexibility index (Phi) is 3.90. The van der Waals surface area contributed by atoms with Crippen molar-refractivity contribution < 1.29 is 10.0 Å². The van der Waals surface area contributed by atoms with E-state index < -0.39 is 5.91 Å². The van der Waals surface area contributed by atoms with Gasteiger partial charge in [-0.1, -0.05) is 16.8 Å². The topological polar surface area (TPSA) is 106 Å². The maximum Gasteiger partial charge on any atom is 0.276 e. The summed E-state index contributed by atoms with van der Waals surface area (Å²) in [6.45, 7) is 0. The second-order valence-electron chi connectivity index (χ2n) is 4.01. The van der Waals surface area contributed by atoms with Crippen LogP contribution in [0.5, 0.6) is 0 Å². The number of halogens is 1. The van der Waals surface area contributed by atoms with Gasteiger partial charge < -0.3 is 16.3 Å². The number of amidine groups is 1. The Hall–Kier alpha value is -2.54. The number of hydrogen-bond acceptors (Lipinski definition) is 4. The van der Waals surface area contributed by atoms with Crippen molar-refractivity contribution in [3.05, 3.63) is 46.7 Å². The van der Waals surface area contributed by atoms with Gasteiger partial charge in [0.15, 0.2) is 11.5 Å². The van der Waals surface area contributed by atoms with Gasteiger partial charge in [-0.05, 0) is 24.3 Å². The van der Waals surface area contributed by atoms with Crippen LogP contribution in [-0.2, 0) is 7.05 Å². The number of anilines is 1. The largest absolute Gasteiger partial charge is 0.409 e. The van der Waals surface area contributed by atoms with Crippen molar-refractivity contribution in [2.75, 3.05) is 5.32 Å². The van der Waals surface area contributed by atoms with E-state index in [0.717, 1.165) is 0 Å². The normalized spacial score (nSPS) is 11.4. The van der Waals surface area contributed by atoms with Crippen LogP contribution >= 0.6 is 11.6 Å². The zero-order chi connectivity index (χ0) is 14.7. The van der Waals surface area contributed by atoms with Gasteiger partial charge in [0.1, 0.15) is 0 Å². The molecular formula is C12H12ClN5O2. The Bertz CT molecular complexity index is 680. The average molecular weight is 294 g/mol. The van der Waals surface area contributed by atoms with E-state index in [1.807, 2.05) is 0 Å². The number of rotatable bonds is 3. The number of nitrogens with zero attached hydrogens (tertiary/aromatic N) is 3. The number of oxime groups is 1. The molecule has 1 heterocycles. The van der Waals surface area contributed by atoms with Crippen LogP contribution in [-0.4, -0.2) is 26.7 Å². The average Bonchev–Trinajstić information content (AvgIpc) is 2.87. The highest BCUT2D eigenvalue weighted by Gasteiger charge is 2.12. The Balaban J connectivity index is 2.26. The standard InChI is InChI=1S/C12H12ClN5O2/c1-18-5-4-9(16-18)12(19)15-10-6-7(11(14)17-20)2-3-8(10)13/h2-6,20H,1H3,(H2,14,17)(H,15,19). The SMILES string of the molecule is Cn1ccc(C(=O)Nc2cc(/C(N)=N/O)ccc2Cl)n1. The van der Waals surface area contributed by atoms with Crippen molar-refractivity contribution in [3.63, 3.8) is 0 Å². The molecule has 0 bridgehead atoms. The summed E-state index contributed by atoms with van der Waals surface area (Å²) in [5.41, 5.74) is 6.54. The summed E-state index contributed by atoms with van der Waals surface area (Å²) in [6, 6.07) is 6.21. The fraction of sp³-hybridized carbons (Fsp3) is 0.0833. The molecule has 4 N–H and O–H groups in total. The number of nitrogens with one attached hydrogen (secondary N) is 1. The molecule has 0 fully saturated rings. The molecule has 0 unspecified atom stereocenters. The summed E-state index contributed by atoms with van der Waals surface area (Å²) in [7, 11) is 1.71. The lowest BCUT2D eigenvalue weighted by molar-refractivity contribution is 0.102. The lowest BCUT2D eigenvalue weighted by Gasteiger charge is -2.08. The lowest BCUT2D eigenvalue weighted by Crippen LogP contribution is -2.16. The maximum absolute atomic E-state index is 12.0. The van der Waals surface area contributed by atoms with Crippen LogP contribution in [0.2, 0.25) is 5.02 Å². The Morgan fingerprint density at radius 1 is 1.50 bits per heavy atom. The van der Waals surface area contributed by atoms with Gasteiger partial charge in [-0.3, -0.25) is 9.48 Å². The van der Waals surface area contributed by atoms with Crippen molar-refractivity contribution in [2.45, 2.75) is 0 Å². The van der Waals surface area contributed by atoms with Gasteiger partial charge in [0.05, 0.1) is 10.7 Å². The second-order valence-corrected chi connectivity index (χ2v) is 4.42. The number of benzene rings is 1. The van der Waals surface area contributed by atoms with Crippen molar-refractivity contribution in [3.8, 4) is 0 Å². The number of nitrogens with two attached hydrogens (primary N) is 1. The lowest BCUT2D eigenvalue weighted by atomic mass is 10.2. The van der Waals surface area contributed by atoms with Gasteiger partial charge in [-0.15, -0.1) is 0 Å². The van der Waals surface area contributed by atoms with Crippen LogP contribution in [0.15, 0.2) is 35.6 Å². The Morgan fingerprint density at radius 2 is 2.25 bits per heavy atom. The molecule has 1 aromatic carbocycles. The first-order valence-electron chi connectivity index (χ1n) is 5.59. The number of aryl methyl sites for hydroxylation is 1. The molecule has 1 aromatic heterocycles. The van der Waals surface area contributed by atoms with Gasteiger partial charge in [0.25, 0.3) is 5.91 Å². The molecule has 20 heavy (non-hydrogen) atoms. The van der Waals surface area contributed by atoms with E-state index in [9.17, 15) is 4.79 Å². The van der Waals surface area contributed by atoms with E-state index in [2.05, 4.69) is 15.6 Å². The van der Waals surface area contributed by atoms with Crippen molar-refractivity contribution in [1.29, 1.82) is 0 Å². The molecule has 0 spiro atoms. The summed E-state index contributed by atoms with van der Waals surface area (Å²) in [5, 5.41) is 18.5. The predicted molar refractivity (Wildman–Crippen MR) is 75.1 cm³/mol. The van der Waals surface area contributed by atoms with Gasteiger partial charge in [-0.25, -0.2) is 0 Å². The van der Waals surface area contributed by atoms with Gasteiger partial charge in [-0.2, -0.15) is 5.10 Å². The second kappa shape index (κ2) is 5.62. The first-order chi connectivity index (χ1) is 9.51. The minimum absolute atomic E-state index is 0.0741. The fourth-order valence-electron chi connectivity index (χ4n) is 1.56. The van der Waals surface area contributed by atoms with Crippen LogP contribution in [0.25, 0.3) is 0 Å². The van der Waals surface area contributed by atoms with Gasteiger partial charge in [0.2, 0.25) is 0 Å². The maximum atomic E-state index is 12.0. The molecule has 7 nitrogen and oxygen atoms in total. The van der Waals surface area contributed by atoms with Gasteiger partial charge in [0, 0.05) is 18.8 Å². The highest BCUT2D eigenvalue weighted by atomic mass is 35.5. The molecule has 0 aliphatic rings. The Morgan fingerprint density at radius 3 is 2.85 bits per heavy atom. The molecule has 0 radical (unpaired) electrons. The molecule has 2 aromatic rings. The molecule has 0 aliphatic carbocycles. The zero-order valence-electron chi connectivity index (χ0n) is 10.5. The predicted octanol–water partition coefficient (Wildman–Crippen LogP) is 1.42. The summed E-state index contributed by atoms with van der Waals surface area (Å²) in [6.07, 6.45) is 1.66. The van der Waals surface area contributed by atoms with Crippen molar-refractivity contribution in [1.82, 2.24) is 9.78 Å². The smallest absolute Gasteiger partial charge is 0.276 e. The molecule has 0 aliphatic heterocycles. The van der Waals surface area contributed by atoms with E-state index in [1.165, 1.54) is 10.7 Å². The number of aromatic nitrogens is 2. The van der Waals surface area contributed by atoms with Gasteiger partial charge >= 0.3 is 0 Å². The van der Waals surface area contributed by atoms with Crippen molar-refractivity contribution in [2.24, 2.45) is 17.9 Å². The number of carbonyl (C=O) groups excluding carboxylic acids is 1. The Labute approximate surface area is 119 Å². The molecular weight excluding hydrogens is 282 g/mol. The summed E-state index contributed by atoms with van der Waals surface area (Å²) in [4.78, 5) is 12.0. The van der Waals surface area contributed by atoms with E-state index in [4.69, 9.17) is 22.5 Å². The van der Waals surface area contributed by atoms with E-state index in [0.29, 0.717) is 16.3 Å². The highest BCUT2D eigenvalue weighted by Crippen LogP contribution is 2.23. The number of amides is 1. The van der Waals surface area contributed by atoms with Crippen molar-refractivity contribution >= 4 is 29.0 Å². The van der Waals surface area contributed by atoms with Crippen LogP contribution in [0.4, 0.5) is 5.69 Å². The quantitative estimate of drug-likeness (QED) is 0.344. The number of carbonyl (C=O) groups is 1. The molecule has 0 saturated carbocycles. The molecule has 104 valence electrons. The van der Waals surface area contributed by atoms with Crippen LogP contribution in [0.1, 0.15) is 16.1 Å². The third-order valence-electron chi connectivity index (χ3n) is 2.56.